The van der Waals surface area contributed by atoms with E-state index in [2.05, 4.69) is 11.8 Å². The maximum atomic E-state index is 11.9. The topological polar surface area (TPSA) is 20.3 Å². The van der Waals surface area contributed by atoms with Crippen LogP contribution < -0.4 is 0 Å². The van der Waals surface area contributed by atoms with Gasteiger partial charge in [0.15, 0.2) is 0 Å². The quantitative estimate of drug-likeness (QED) is 0.697. The molecule has 0 saturated heterocycles. The first-order chi connectivity index (χ1) is 7.13. The summed E-state index contributed by atoms with van der Waals surface area (Å²) >= 11 is 0. The van der Waals surface area contributed by atoms with Crippen molar-refractivity contribution in [1.29, 1.82) is 0 Å². The highest BCUT2D eigenvalue weighted by molar-refractivity contribution is 5.81. The van der Waals surface area contributed by atoms with Crippen LogP contribution in [0, 0.1) is 11.8 Å². The van der Waals surface area contributed by atoms with E-state index in [1.807, 2.05) is 14.1 Å². The van der Waals surface area contributed by atoms with Crippen LogP contribution in [0.3, 0.4) is 0 Å². The number of ketones is 1. The first-order valence-corrected chi connectivity index (χ1v) is 6.31. The van der Waals surface area contributed by atoms with Crippen LogP contribution >= 0.6 is 0 Å². The Morgan fingerprint density at radius 2 is 1.80 bits per heavy atom. The molecule has 0 bridgehead atoms. The zero-order valence-electron chi connectivity index (χ0n) is 10.5. The maximum Gasteiger partial charge on any atom is 0.137 e. The molecule has 15 heavy (non-hydrogen) atoms. The van der Waals surface area contributed by atoms with E-state index in [0.717, 1.165) is 31.7 Å². The van der Waals surface area contributed by atoms with Crippen LogP contribution in [0.15, 0.2) is 0 Å². The number of carbonyl (C=O) groups is 1. The fraction of sp³-hybridized carbons (Fsp3) is 0.923. The SMILES string of the molecule is CCC1CCC(C(=O)CCN(C)C)CC1. The average molecular weight is 211 g/mol. The van der Waals surface area contributed by atoms with Crippen molar-refractivity contribution < 1.29 is 4.79 Å². The number of Topliss-reactive ketones (excluding diaryl/α,β-unsaturated/α-hetero) is 1. The number of hydrogen-bond acceptors (Lipinski definition) is 2. The van der Waals surface area contributed by atoms with E-state index in [0.29, 0.717) is 11.7 Å². The second-order valence-electron chi connectivity index (χ2n) is 5.15. The summed E-state index contributed by atoms with van der Waals surface area (Å²) in [6.45, 7) is 3.17. The Balaban J connectivity index is 2.24. The Kier molecular flexibility index (Phi) is 5.30. The smallest absolute Gasteiger partial charge is 0.137 e. The summed E-state index contributed by atoms with van der Waals surface area (Å²) in [7, 11) is 4.06. The van der Waals surface area contributed by atoms with Crippen LogP contribution in [0.25, 0.3) is 0 Å². The van der Waals surface area contributed by atoms with Crippen molar-refractivity contribution in [3.05, 3.63) is 0 Å². The van der Waals surface area contributed by atoms with Gasteiger partial charge < -0.3 is 4.90 Å². The molecule has 0 N–H and O–H groups in total. The van der Waals surface area contributed by atoms with Gasteiger partial charge in [-0.15, -0.1) is 0 Å². The summed E-state index contributed by atoms with van der Waals surface area (Å²) in [5.41, 5.74) is 0. The summed E-state index contributed by atoms with van der Waals surface area (Å²) in [6.07, 6.45) is 6.87. The maximum absolute atomic E-state index is 11.9. The van der Waals surface area contributed by atoms with E-state index in [4.69, 9.17) is 0 Å². The van der Waals surface area contributed by atoms with Crippen molar-refractivity contribution >= 4 is 5.78 Å². The fourth-order valence-corrected chi connectivity index (χ4v) is 2.43. The van der Waals surface area contributed by atoms with Crippen molar-refractivity contribution in [2.45, 2.75) is 45.4 Å². The van der Waals surface area contributed by atoms with Gasteiger partial charge in [-0.25, -0.2) is 0 Å². The molecule has 1 aliphatic rings. The van der Waals surface area contributed by atoms with Crippen LogP contribution in [0.5, 0.6) is 0 Å². The van der Waals surface area contributed by atoms with Gasteiger partial charge in [0.1, 0.15) is 5.78 Å². The molecule has 88 valence electrons. The lowest BCUT2D eigenvalue weighted by Gasteiger charge is -2.27. The van der Waals surface area contributed by atoms with E-state index < -0.39 is 0 Å². The molecule has 1 rings (SSSR count). The summed E-state index contributed by atoms with van der Waals surface area (Å²) in [5, 5.41) is 0. The van der Waals surface area contributed by atoms with Gasteiger partial charge in [0, 0.05) is 18.9 Å². The Morgan fingerprint density at radius 3 is 2.27 bits per heavy atom. The molecule has 0 spiro atoms. The van der Waals surface area contributed by atoms with Crippen molar-refractivity contribution in [3.8, 4) is 0 Å². The molecular formula is C13H25NO. The Labute approximate surface area is 94.0 Å². The van der Waals surface area contributed by atoms with Gasteiger partial charge in [-0.05, 0) is 45.7 Å². The van der Waals surface area contributed by atoms with Gasteiger partial charge in [-0.1, -0.05) is 13.3 Å². The Morgan fingerprint density at radius 1 is 1.20 bits per heavy atom. The Hall–Kier alpha value is -0.370. The minimum atomic E-state index is 0.382. The first-order valence-electron chi connectivity index (χ1n) is 6.31. The van der Waals surface area contributed by atoms with Crippen molar-refractivity contribution in [1.82, 2.24) is 4.90 Å². The van der Waals surface area contributed by atoms with Crippen molar-refractivity contribution in [2.75, 3.05) is 20.6 Å². The molecule has 0 radical (unpaired) electrons. The largest absolute Gasteiger partial charge is 0.309 e. The van der Waals surface area contributed by atoms with Crippen molar-refractivity contribution in [2.24, 2.45) is 11.8 Å². The minimum Gasteiger partial charge on any atom is -0.309 e. The van der Waals surface area contributed by atoms with Gasteiger partial charge >= 0.3 is 0 Å². The number of rotatable bonds is 5. The number of carbonyl (C=O) groups excluding carboxylic acids is 1. The molecule has 0 aliphatic heterocycles. The van der Waals surface area contributed by atoms with Crippen molar-refractivity contribution in [3.63, 3.8) is 0 Å². The van der Waals surface area contributed by atoms with Gasteiger partial charge in [0.2, 0.25) is 0 Å². The molecule has 1 fully saturated rings. The van der Waals surface area contributed by atoms with E-state index >= 15 is 0 Å². The van der Waals surface area contributed by atoms with E-state index in [1.54, 1.807) is 0 Å². The third kappa shape index (κ3) is 4.33. The van der Waals surface area contributed by atoms with Gasteiger partial charge in [0.25, 0.3) is 0 Å². The van der Waals surface area contributed by atoms with Crippen LogP contribution in [0.2, 0.25) is 0 Å². The predicted octanol–water partition coefficient (Wildman–Crippen LogP) is 2.72. The predicted molar refractivity (Wildman–Crippen MR) is 63.9 cm³/mol. The van der Waals surface area contributed by atoms with E-state index in [9.17, 15) is 4.79 Å². The van der Waals surface area contributed by atoms with Crippen LogP contribution in [-0.4, -0.2) is 31.3 Å². The highest BCUT2D eigenvalue weighted by atomic mass is 16.1. The average Bonchev–Trinajstić information content (AvgIpc) is 2.26. The molecule has 0 aromatic heterocycles. The molecule has 0 aromatic carbocycles. The summed E-state index contributed by atoms with van der Waals surface area (Å²) in [4.78, 5) is 14.0. The second kappa shape index (κ2) is 6.26. The normalized spacial score (nSPS) is 26.9. The Bertz CT molecular complexity index is 193. The lowest BCUT2D eigenvalue weighted by atomic mass is 9.78. The zero-order chi connectivity index (χ0) is 11.3. The molecule has 1 aliphatic carbocycles. The third-order valence-corrected chi connectivity index (χ3v) is 3.68. The van der Waals surface area contributed by atoms with Crippen LogP contribution in [0.1, 0.15) is 45.4 Å². The van der Waals surface area contributed by atoms with Gasteiger partial charge in [-0.3, -0.25) is 4.79 Å². The lowest BCUT2D eigenvalue weighted by Crippen LogP contribution is -2.25. The monoisotopic (exact) mass is 211 g/mol. The first kappa shape index (κ1) is 12.7. The third-order valence-electron chi connectivity index (χ3n) is 3.68. The molecular weight excluding hydrogens is 186 g/mol. The number of nitrogens with zero attached hydrogens (tertiary/aromatic N) is 1. The fourth-order valence-electron chi connectivity index (χ4n) is 2.43. The molecule has 0 aromatic rings. The summed E-state index contributed by atoms with van der Waals surface area (Å²) in [5.74, 6) is 1.77. The van der Waals surface area contributed by atoms with Gasteiger partial charge in [-0.2, -0.15) is 0 Å². The van der Waals surface area contributed by atoms with E-state index in [-0.39, 0.29) is 0 Å². The van der Waals surface area contributed by atoms with Crippen LogP contribution in [0.4, 0.5) is 0 Å². The second-order valence-corrected chi connectivity index (χ2v) is 5.15. The summed E-state index contributed by atoms with van der Waals surface area (Å²) in [6, 6.07) is 0. The zero-order valence-corrected chi connectivity index (χ0v) is 10.5. The molecule has 0 unspecified atom stereocenters. The molecule has 1 saturated carbocycles. The van der Waals surface area contributed by atoms with Crippen LogP contribution in [-0.2, 0) is 4.79 Å². The molecule has 2 heteroatoms. The van der Waals surface area contributed by atoms with E-state index in [1.165, 1.54) is 19.3 Å². The molecule has 2 nitrogen and oxygen atoms in total. The highest BCUT2D eigenvalue weighted by Gasteiger charge is 2.24. The molecule has 0 amide bonds. The van der Waals surface area contributed by atoms with Gasteiger partial charge in [0.05, 0.1) is 0 Å². The number of hydrogen-bond donors (Lipinski definition) is 0. The standard InChI is InChI=1S/C13H25NO/c1-4-11-5-7-12(8-6-11)13(15)9-10-14(2)3/h11-12H,4-10H2,1-3H3. The summed E-state index contributed by atoms with van der Waals surface area (Å²) < 4.78 is 0. The molecule has 0 heterocycles. The minimum absolute atomic E-state index is 0.382. The molecule has 0 atom stereocenters. The lowest BCUT2D eigenvalue weighted by molar-refractivity contribution is -0.124. The highest BCUT2D eigenvalue weighted by Crippen LogP contribution is 2.31.